The van der Waals surface area contributed by atoms with Crippen molar-refractivity contribution in [3.63, 3.8) is 0 Å². The Labute approximate surface area is 93.8 Å². The minimum atomic E-state index is 0.813. The highest BCUT2D eigenvalue weighted by Gasteiger charge is 2.29. The number of hydrogen-bond acceptors (Lipinski definition) is 3. The molecular weight excluding hydrogens is 186 g/mol. The molecule has 0 saturated carbocycles. The standard InChI is InChI=1S/C12H25N3/c1-3-6-15-7-4-11(5-8-15)14(2)12-9-13-10-12/h11-13H,3-10H2,1-2H3. The number of likely N-dealkylation sites (N-methyl/N-ethyl adjacent to an activating group) is 1. The lowest BCUT2D eigenvalue weighted by Gasteiger charge is -2.43. The van der Waals surface area contributed by atoms with Crippen LogP contribution in [0, 0.1) is 0 Å². The smallest absolute Gasteiger partial charge is 0.0345 e. The quantitative estimate of drug-likeness (QED) is 0.741. The number of hydrogen-bond donors (Lipinski definition) is 1. The van der Waals surface area contributed by atoms with E-state index >= 15 is 0 Å². The molecule has 2 fully saturated rings. The number of nitrogens with one attached hydrogen (secondary N) is 1. The van der Waals surface area contributed by atoms with Crippen LogP contribution < -0.4 is 5.32 Å². The molecule has 0 amide bonds. The summed E-state index contributed by atoms with van der Waals surface area (Å²) in [6, 6.07) is 1.65. The monoisotopic (exact) mass is 211 g/mol. The minimum Gasteiger partial charge on any atom is -0.314 e. The van der Waals surface area contributed by atoms with Crippen LogP contribution in [0.4, 0.5) is 0 Å². The number of rotatable bonds is 4. The van der Waals surface area contributed by atoms with Crippen molar-refractivity contribution in [3.8, 4) is 0 Å². The molecule has 2 heterocycles. The molecule has 2 rings (SSSR count). The summed E-state index contributed by atoms with van der Waals surface area (Å²) >= 11 is 0. The Morgan fingerprint density at radius 1 is 1.20 bits per heavy atom. The van der Waals surface area contributed by atoms with E-state index in [1.165, 1.54) is 52.0 Å². The summed E-state index contributed by atoms with van der Waals surface area (Å²) in [6.07, 6.45) is 4.03. The highest BCUT2D eigenvalue weighted by molar-refractivity contribution is 4.88. The summed E-state index contributed by atoms with van der Waals surface area (Å²) in [5.41, 5.74) is 0. The molecule has 0 unspecified atom stereocenters. The SMILES string of the molecule is CCCN1CCC(N(C)C2CNC2)CC1. The van der Waals surface area contributed by atoms with Crippen LogP contribution in [0.2, 0.25) is 0 Å². The van der Waals surface area contributed by atoms with E-state index < -0.39 is 0 Å². The van der Waals surface area contributed by atoms with E-state index in [9.17, 15) is 0 Å². The van der Waals surface area contributed by atoms with Gasteiger partial charge in [-0.15, -0.1) is 0 Å². The first kappa shape index (κ1) is 11.4. The molecule has 2 aliphatic rings. The van der Waals surface area contributed by atoms with Crippen LogP contribution in [0.25, 0.3) is 0 Å². The molecule has 0 atom stereocenters. The van der Waals surface area contributed by atoms with Crippen molar-refractivity contribution >= 4 is 0 Å². The average Bonchev–Trinajstić information content (AvgIpc) is 2.16. The Morgan fingerprint density at radius 3 is 2.33 bits per heavy atom. The van der Waals surface area contributed by atoms with Gasteiger partial charge in [-0.3, -0.25) is 4.90 Å². The van der Waals surface area contributed by atoms with Crippen molar-refractivity contribution in [2.24, 2.45) is 0 Å². The molecule has 0 aromatic carbocycles. The lowest BCUT2D eigenvalue weighted by atomic mass is 10.00. The molecule has 0 aromatic heterocycles. The van der Waals surface area contributed by atoms with Crippen LogP contribution in [-0.4, -0.2) is 61.7 Å². The van der Waals surface area contributed by atoms with E-state index in [-0.39, 0.29) is 0 Å². The first-order valence-corrected chi connectivity index (χ1v) is 6.46. The zero-order chi connectivity index (χ0) is 10.7. The second-order valence-corrected chi connectivity index (χ2v) is 5.05. The van der Waals surface area contributed by atoms with Gasteiger partial charge in [0.2, 0.25) is 0 Å². The molecule has 88 valence electrons. The zero-order valence-electron chi connectivity index (χ0n) is 10.2. The van der Waals surface area contributed by atoms with Crippen LogP contribution >= 0.6 is 0 Å². The van der Waals surface area contributed by atoms with Gasteiger partial charge in [-0.1, -0.05) is 6.92 Å². The van der Waals surface area contributed by atoms with Gasteiger partial charge in [0, 0.05) is 25.2 Å². The zero-order valence-corrected chi connectivity index (χ0v) is 10.2. The highest BCUT2D eigenvalue weighted by atomic mass is 15.3. The van der Waals surface area contributed by atoms with Crippen molar-refractivity contribution in [2.45, 2.75) is 38.3 Å². The predicted octanol–water partition coefficient (Wildman–Crippen LogP) is 0.764. The molecule has 3 heteroatoms. The third-order valence-electron chi connectivity index (χ3n) is 4.01. The Morgan fingerprint density at radius 2 is 1.87 bits per heavy atom. The van der Waals surface area contributed by atoms with Gasteiger partial charge < -0.3 is 10.2 Å². The summed E-state index contributed by atoms with van der Waals surface area (Å²) in [4.78, 5) is 5.23. The summed E-state index contributed by atoms with van der Waals surface area (Å²) < 4.78 is 0. The van der Waals surface area contributed by atoms with Crippen LogP contribution in [0.3, 0.4) is 0 Å². The first-order valence-electron chi connectivity index (χ1n) is 6.46. The lowest BCUT2D eigenvalue weighted by Crippen LogP contribution is -2.59. The van der Waals surface area contributed by atoms with E-state index in [2.05, 4.69) is 29.1 Å². The van der Waals surface area contributed by atoms with E-state index in [0.717, 1.165) is 12.1 Å². The van der Waals surface area contributed by atoms with Crippen molar-refractivity contribution < 1.29 is 0 Å². The molecule has 0 bridgehead atoms. The molecule has 0 aliphatic carbocycles. The normalized spacial score (nSPS) is 25.8. The molecule has 2 aliphatic heterocycles. The Bertz CT molecular complexity index is 183. The molecule has 3 nitrogen and oxygen atoms in total. The third kappa shape index (κ3) is 2.71. The molecule has 0 radical (unpaired) electrons. The highest BCUT2D eigenvalue weighted by Crippen LogP contribution is 2.18. The molecule has 1 N–H and O–H groups in total. The van der Waals surface area contributed by atoms with Gasteiger partial charge in [0.05, 0.1) is 0 Å². The predicted molar refractivity (Wildman–Crippen MR) is 64.2 cm³/mol. The molecular formula is C12H25N3. The van der Waals surface area contributed by atoms with Gasteiger partial charge in [-0.2, -0.15) is 0 Å². The van der Waals surface area contributed by atoms with Crippen molar-refractivity contribution in [3.05, 3.63) is 0 Å². The lowest BCUT2D eigenvalue weighted by molar-refractivity contribution is 0.0743. The van der Waals surface area contributed by atoms with E-state index in [1.807, 2.05) is 0 Å². The van der Waals surface area contributed by atoms with Gasteiger partial charge >= 0.3 is 0 Å². The van der Waals surface area contributed by atoms with Gasteiger partial charge in [-0.05, 0) is 45.9 Å². The molecule has 15 heavy (non-hydrogen) atoms. The maximum atomic E-state index is 3.36. The average molecular weight is 211 g/mol. The van der Waals surface area contributed by atoms with Crippen molar-refractivity contribution in [1.82, 2.24) is 15.1 Å². The maximum absolute atomic E-state index is 3.36. The Kier molecular flexibility index (Phi) is 4.00. The number of piperidine rings is 1. The summed E-state index contributed by atoms with van der Waals surface area (Å²) in [5.74, 6) is 0. The second kappa shape index (κ2) is 5.28. The fourth-order valence-electron chi connectivity index (χ4n) is 2.73. The third-order valence-corrected chi connectivity index (χ3v) is 4.01. The minimum absolute atomic E-state index is 0.813. The van der Waals surface area contributed by atoms with Gasteiger partial charge in [0.15, 0.2) is 0 Å². The summed E-state index contributed by atoms with van der Waals surface area (Å²) in [5, 5.41) is 3.36. The van der Waals surface area contributed by atoms with E-state index in [4.69, 9.17) is 0 Å². The van der Waals surface area contributed by atoms with Gasteiger partial charge in [-0.25, -0.2) is 0 Å². The maximum Gasteiger partial charge on any atom is 0.0345 e. The fourth-order valence-corrected chi connectivity index (χ4v) is 2.73. The van der Waals surface area contributed by atoms with Crippen LogP contribution in [0.5, 0.6) is 0 Å². The second-order valence-electron chi connectivity index (χ2n) is 5.05. The van der Waals surface area contributed by atoms with E-state index in [1.54, 1.807) is 0 Å². The van der Waals surface area contributed by atoms with Crippen LogP contribution in [0.1, 0.15) is 26.2 Å². The summed E-state index contributed by atoms with van der Waals surface area (Å²) in [6.45, 7) is 8.59. The molecule has 0 aromatic rings. The topological polar surface area (TPSA) is 18.5 Å². The Balaban J connectivity index is 1.72. The largest absolute Gasteiger partial charge is 0.314 e. The van der Waals surface area contributed by atoms with Gasteiger partial charge in [0.25, 0.3) is 0 Å². The Hall–Kier alpha value is -0.120. The molecule has 0 spiro atoms. The molecule has 2 saturated heterocycles. The van der Waals surface area contributed by atoms with Crippen LogP contribution in [0.15, 0.2) is 0 Å². The van der Waals surface area contributed by atoms with Crippen molar-refractivity contribution in [2.75, 3.05) is 39.8 Å². The fraction of sp³-hybridized carbons (Fsp3) is 1.00. The van der Waals surface area contributed by atoms with Crippen LogP contribution in [-0.2, 0) is 0 Å². The number of nitrogens with zero attached hydrogens (tertiary/aromatic N) is 2. The first-order chi connectivity index (χ1) is 7.31. The number of likely N-dealkylation sites (tertiary alicyclic amines) is 1. The van der Waals surface area contributed by atoms with Crippen molar-refractivity contribution in [1.29, 1.82) is 0 Å². The van der Waals surface area contributed by atoms with E-state index in [0.29, 0.717) is 0 Å². The van der Waals surface area contributed by atoms with Gasteiger partial charge in [0.1, 0.15) is 0 Å². The summed E-state index contributed by atoms with van der Waals surface area (Å²) in [7, 11) is 2.31.